The van der Waals surface area contributed by atoms with E-state index >= 15 is 0 Å². The minimum atomic E-state index is -0.468. The molecule has 6 nitrogen and oxygen atoms in total. The largest absolute Gasteiger partial charge is 0.461 e. The minimum absolute atomic E-state index is 0.242. The topological polar surface area (TPSA) is 85.3 Å². The van der Waals surface area contributed by atoms with Crippen molar-refractivity contribution in [1.29, 1.82) is 0 Å². The number of fused-ring (bicyclic) bond motifs is 3. The number of benzene rings is 1. The lowest BCUT2D eigenvalue weighted by Gasteiger charge is -2.18. The van der Waals surface area contributed by atoms with Crippen molar-refractivity contribution in [2.24, 2.45) is 0 Å². The fourth-order valence-electron chi connectivity index (χ4n) is 2.90. The van der Waals surface area contributed by atoms with Crippen LogP contribution in [0, 0.1) is 6.92 Å². The van der Waals surface area contributed by atoms with Gasteiger partial charge in [-0.15, -0.1) is 0 Å². The monoisotopic (exact) mass is 284 g/mol. The van der Waals surface area contributed by atoms with Gasteiger partial charge in [-0.3, -0.25) is 14.9 Å². The number of hydrogen-bond acceptors (Lipinski definition) is 5. The van der Waals surface area contributed by atoms with Crippen LogP contribution in [0.15, 0.2) is 27.1 Å². The highest BCUT2D eigenvalue weighted by Gasteiger charge is 2.32. The van der Waals surface area contributed by atoms with Crippen molar-refractivity contribution >= 4 is 33.8 Å². The molecule has 1 fully saturated rings. The molecule has 0 spiro atoms. The van der Waals surface area contributed by atoms with Gasteiger partial charge >= 0.3 is 0 Å². The van der Waals surface area contributed by atoms with Crippen molar-refractivity contribution in [3.63, 3.8) is 0 Å². The van der Waals surface area contributed by atoms with E-state index in [4.69, 9.17) is 8.94 Å². The van der Waals surface area contributed by atoms with E-state index < -0.39 is 5.92 Å². The molecule has 0 unspecified atom stereocenters. The summed E-state index contributed by atoms with van der Waals surface area (Å²) < 4.78 is 10.9. The van der Waals surface area contributed by atoms with E-state index in [9.17, 15) is 9.59 Å². The summed E-state index contributed by atoms with van der Waals surface area (Å²) in [5, 5.41) is 8.09. The Bertz CT molecular complexity index is 890. The van der Waals surface area contributed by atoms with Crippen LogP contribution < -0.4 is 5.32 Å². The van der Waals surface area contributed by atoms with Gasteiger partial charge in [-0.1, -0.05) is 5.16 Å². The number of piperidine rings is 1. The number of furan rings is 1. The lowest BCUT2D eigenvalue weighted by molar-refractivity contribution is -0.134. The third-order valence-corrected chi connectivity index (χ3v) is 3.85. The van der Waals surface area contributed by atoms with Crippen LogP contribution >= 0.6 is 0 Å². The molecule has 4 rings (SSSR count). The average molecular weight is 284 g/mol. The van der Waals surface area contributed by atoms with Gasteiger partial charge in [0, 0.05) is 11.8 Å². The van der Waals surface area contributed by atoms with E-state index in [2.05, 4.69) is 10.5 Å². The smallest absolute Gasteiger partial charge is 0.235 e. The first-order valence-electron chi connectivity index (χ1n) is 6.75. The molecule has 1 aliphatic rings. The average Bonchev–Trinajstić information content (AvgIpc) is 3.00. The van der Waals surface area contributed by atoms with E-state index in [0.717, 1.165) is 22.1 Å². The molecule has 1 atom stereocenters. The van der Waals surface area contributed by atoms with Crippen molar-refractivity contribution in [1.82, 2.24) is 10.5 Å². The number of aryl methyl sites for hydroxylation is 1. The molecular weight excluding hydrogens is 272 g/mol. The zero-order valence-electron chi connectivity index (χ0n) is 11.3. The maximum atomic E-state index is 12.1. The van der Waals surface area contributed by atoms with Crippen molar-refractivity contribution in [3.05, 3.63) is 29.7 Å². The number of aromatic nitrogens is 1. The zero-order valence-corrected chi connectivity index (χ0v) is 11.3. The highest BCUT2D eigenvalue weighted by molar-refractivity contribution is 6.08. The van der Waals surface area contributed by atoms with Crippen LogP contribution in [0.2, 0.25) is 0 Å². The Labute approximate surface area is 119 Å². The number of carbonyl (C=O) groups is 2. The van der Waals surface area contributed by atoms with Gasteiger partial charge in [0.25, 0.3) is 0 Å². The third kappa shape index (κ3) is 1.75. The molecule has 0 radical (unpaired) electrons. The Morgan fingerprint density at radius 2 is 2.10 bits per heavy atom. The van der Waals surface area contributed by atoms with Gasteiger partial charge in [-0.25, -0.2) is 0 Å². The lowest BCUT2D eigenvalue weighted by Crippen LogP contribution is -2.39. The Kier molecular flexibility index (Phi) is 2.42. The van der Waals surface area contributed by atoms with Gasteiger partial charge in [0.05, 0.1) is 11.3 Å². The number of nitrogens with zero attached hydrogens (tertiary/aromatic N) is 1. The molecule has 3 aromatic rings. The molecule has 1 saturated heterocycles. The van der Waals surface area contributed by atoms with Crippen LogP contribution in [-0.4, -0.2) is 17.0 Å². The first-order chi connectivity index (χ1) is 10.1. The quantitative estimate of drug-likeness (QED) is 0.693. The third-order valence-electron chi connectivity index (χ3n) is 3.85. The highest BCUT2D eigenvalue weighted by atomic mass is 16.5. The van der Waals surface area contributed by atoms with Crippen LogP contribution in [0.25, 0.3) is 21.9 Å². The second-order valence-corrected chi connectivity index (χ2v) is 5.28. The predicted octanol–water partition coefficient (Wildman–Crippen LogP) is 2.40. The van der Waals surface area contributed by atoms with Crippen molar-refractivity contribution in [2.75, 3.05) is 0 Å². The molecule has 2 amide bonds. The summed E-state index contributed by atoms with van der Waals surface area (Å²) in [5.74, 6) is -0.246. The summed E-state index contributed by atoms with van der Waals surface area (Å²) in [6.45, 7) is 1.87. The zero-order chi connectivity index (χ0) is 14.6. The molecule has 2 aromatic heterocycles. The standard InChI is InChI=1S/C15H12N2O4/c1-7-6-9-10(20-7)3-4-11-13(9)14(17-21-11)8-2-5-12(18)16-15(8)19/h3-4,6,8H,2,5H2,1H3,(H,16,18,19)/t8-/m0/s1. The summed E-state index contributed by atoms with van der Waals surface area (Å²) in [6.07, 6.45) is 0.755. The highest BCUT2D eigenvalue weighted by Crippen LogP contribution is 2.36. The van der Waals surface area contributed by atoms with Crippen LogP contribution in [-0.2, 0) is 9.59 Å². The molecule has 0 saturated carbocycles. The maximum Gasteiger partial charge on any atom is 0.235 e. The van der Waals surface area contributed by atoms with Gasteiger partial charge < -0.3 is 8.94 Å². The number of carbonyl (C=O) groups excluding carboxylic acids is 2. The van der Waals surface area contributed by atoms with E-state index in [-0.39, 0.29) is 11.8 Å². The first kappa shape index (κ1) is 12.1. The molecule has 1 aromatic carbocycles. The lowest BCUT2D eigenvalue weighted by atomic mass is 9.92. The summed E-state index contributed by atoms with van der Waals surface area (Å²) >= 11 is 0. The fourth-order valence-corrected chi connectivity index (χ4v) is 2.90. The number of imide groups is 1. The van der Waals surface area contributed by atoms with Gasteiger partial charge in [0.1, 0.15) is 17.0 Å². The Balaban J connectivity index is 1.94. The van der Waals surface area contributed by atoms with E-state index in [1.54, 1.807) is 6.07 Å². The predicted molar refractivity (Wildman–Crippen MR) is 73.6 cm³/mol. The maximum absolute atomic E-state index is 12.1. The molecule has 106 valence electrons. The van der Waals surface area contributed by atoms with Gasteiger partial charge in [0.15, 0.2) is 5.58 Å². The molecule has 21 heavy (non-hydrogen) atoms. The van der Waals surface area contributed by atoms with E-state index in [1.165, 1.54) is 0 Å². The SMILES string of the molecule is Cc1cc2c(ccc3onc([C@@H]4CCC(=O)NC4=O)c32)o1. The van der Waals surface area contributed by atoms with Gasteiger partial charge in [-0.2, -0.15) is 0 Å². The molecular formula is C15H12N2O4. The van der Waals surface area contributed by atoms with Crippen LogP contribution in [0.3, 0.4) is 0 Å². The normalized spacial score (nSPS) is 19.4. The Hall–Kier alpha value is -2.63. The van der Waals surface area contributed by atoms with Crippen LogP contribution in [0.1, 0.15) is 30.2 Å². The molecule has 1 aliphatic heterocycles. The molecule has 3 heterocycles. The molecule has 1 N–H and O–H groups in total. The molecule has 0 bridgehead atoms. The second kappa shape index (κ2) is 4.18. The van der Waals surface area contributed by atoms with Crippen molar-refractivity contribution < 1.29 is 18.5 Å². The summed E-state index contributed by atoms with van der Waals surface area (Å²) in [5.41, 5.74) is 1.92. The Morgan fingerprint density at radius 1 is 1.29 bits per heavy atom. The summed E-state index contributed by atoms with van der Waals surface area (Å²) in [7, 11) is 0. The summed E-state index contributed by atoms with van der Waals surface area (Å²) in [6, 6.07) is 5.51. The second-order valence-electron chi connectivity index (χ2n) is 5.28. The molecule has 0 aliphatic carbocycles. The summed E-state index contributed by atoms with van der Waals surface area (Å²) in [4.78, 5) is 23.3. The van der Waals surface area contributed by atoms with Crippen LogP contribution in [0.4, 0.5) is 0 Å². The number of hydrogen-bond donors (Lipinski definition) is 1. The number of amides is 2. The fraction of sp³-hybridized carbons (Fsp3) is 0.267. The minimum Gasteiger partial charge on any atom is -0.461 e. The van der Waals surface area contributed by atoms with E-state index in [1.807, 2.05) is 19.1 Å². The first-order valence-corrected chi connectivity index (χ1v) is 6.75. The van der Waals surface area contributed by atoms with Gasteiger partial charge in [0.2, 0.25) is 11.8 Å². The number of nitrogens with one attached hydrogen (secondary N) is 1. The Morgan fingerprint density at radius 3 is 2.90 bits per heavy atom. The van der Waals surface area contributed by atoms with Crippen LogP contribution in [0.5, 0.6) is 0 Å². The number of rotatable bonds is 1. The van der Waals surface area contributed by atoms with Crippen molar-refractivity contribution in [2.45, 2.75) is 25.7 Å². The van der Waals surface area contributed by atoms with E-state index in [0.29, 0.717) is 24.1 Å². The van der Waals surface area contributed by atoms with Gasteiger partial charge in [-0.05, 0) is 31.5 Å². The van der Waals surface area contributed by atoms with Crippen molar-refractivity contribution in [3.8, 4) is 0 Å². The molecule has 6 heteroatoms.